The van der Waals surface area contributed by atoms with Gasteiger partial charge in [-0.3, -0.25) is 4.79 Å². The third-order valence-electron chi connectivity index (χ3n) is 2.99. The van der Waals surface area contributed by atoms with Gasteiger partial charge < -0.3 is 4.42 Å². The molecule has 1 aromatic carbocycles. The summed E-state index contributed by atoms with van der Waals surface area (Å²) in [7, 11) is 0. The van der Waals surface area contributed by atoms with Crippen molar-refractivity contribution in [3.63, 3.8) is 0 Å². The molecule has 0 saturated carbocycles. The van der Waals surface area contributed by atoms with E-state index in [0.29, 0.717) is 26.4 Å². The molecule has 0 spiro atoms. The Kier molecular flexibility index (Phi) is 4.48. The number of rotatable bonds is 4. The number of carbonyl (C=O) groups excluding carboxylic acids is 1. The predicted octanol–water partition coefficient (Wildman–Crippen LogP) is 6.21. The van der Waals surface area contributed by atoms with Crippen molar-refractivity contribution in [2.45, 2.75) is 0 Å². The topological polar surface area (TPSA) is 30.2 Å². The molecule has 2 nitrogen and oxygen atoms in total. The molecular formula is C17H10Cl2O2S. The van der Waals surface area contributed by atoms with Gasteiger partial charge in [0.1, 0.15) is 11.5 Å². The minimum atomic E-state index is -0.0440. The van der Waals surface area contributed by atoms with Gasteiger partial charge in [-0.15, -0.1) is 11.3 Å². The predicted molar refractivity (Wildman–Crippen MR) is 91.8 cm³/mol. The van der Waals surface area contributed by atoms with Gasteiger partial charge in [0.2, 0.25) is 0 Å². The van der Waals surface area contributed by atoms with Gasteiger partial charge in [0, 0.05) is 10.6 Å². The lowest BCUT2D eigenvalue weighted by molar-refractivity contribution is 0.105. The van der Waals surface area contributed by atoms with Gasteiger partial charge in [0.05, 0.1) is 9.90 Å². The highest BCUT2D eigenvalue weighted by molar-refractivity contribution is 7.12. The molecule has 0 radical (unpaired) electrons. The van der Waals surface area contributed by atoms with Crippen LogP contribution in [0.4, 0.5) is 0 Å². The molecule has 0 bridgehead atoms. The summed E-state index contributed by atoms with van der Waals surface area (Å²) < 4.78 is 5.70. The van der Waals surface area contributed by atoms with Crippen molar-refractivity contribution in [1.82, 2.24) is 0 Å². The van der Waals surface area contributed by atoms with Crippen LogP contribution in [-0.2, 0) is 0 Å². The maximum Gasteiger partial charge on any atom is 0.195 e. The first-order valence-corrected chi connectivity index (χ1v) is 8.08. The number of halogens is 2. The number of thiophene rings is 1. The fourth-order valence-corrected chi connectivity index (χ4v) is 3.08. The van der Waals surface area contributed by atoms with E-state index in [4.69, 9.17) is 27.6 Å². The van der Waals surface area contributed by atoms with Crippen LogP contribution in [0.2, 0.25) is 10.0 Å². The van der Waals surface area contributed by atoms with Gasteiger partial charge in [0.25, 0.3) is 0 Å². The minimum Gasteiger partial charge on any atom is -0.457 e. The van der Waals surface area contributed by atoms with Crippen molar-refractivity contribution in [3.8, 4) is 11.3 Å². The van der Waals surface area contributed by atoms with Crippen LogP contribution in [-0.4, -0.2) is 5.78 Å². The Labute approximate surface area is 141 Å². The lowest BCUT2D eigenvalue weighted by Crippen LogP contribution is -1.88. The van der Waals surface area contributed by atoms with E-state index in [1.807, 2.05) is 17.5 Å². The van der Waals surface area contributed by atoms with E-state index in [0.717, 1.165) is 5.56 Å². The SMILES string of the molecule is O=C(/C=C/c1ccc(-c2ccc(Cl)cc2Cl)o1)c1cccs1. The van der Waals surface area contributed by atoms with Gasteiger partial charge in [-0.2, -0.15) is 0 Å². The van der Waals surface area contributed by atoms with Gasteiger partial charge in [0.15, 0.2) is 5.78 Å². The smallest absolute Gasteiger partial charge is 0.195 e. The maximum absolute atomic E-state index is 11.9. The Morgan fingerprint density at radius 1 is 1.14 bits per heavy atom. The molecule has 5 heteroatoms. The Balaban J connectivity index is 1.80. The van der Waals surface area contributed by atoms with E-state index < -0.39 is 0 Å². The zero-order chi connectivity index (χ0) is 15.5. The summed E-state index contributed by atoms with van der Waals surface area (Å²) >= 11 is 13.4. The third-order valence-corrected chi connectivity index (χ3v) is 4.42. The molecule has 0 unspecified atom stereocenters. The number of carbonyl (C=O) groups is 1. The van der Waals surface area contributed by atoms with Crippen molar-refractivity contribution >= 4 is 46.4 Å². The largest absolute Gasteiger partial charge is 0.457 e. The Morgan fingerprint density at radius 3 is 2.73 bits per heavy atom. The molecule has 0 amide bonds. The van der Waals surface area contributed by atoms with E-state index in [1.54, 1.807) is 36.4 Å². The quantitative estimate of drug-likeness (QED) is 0.414. The molecule has 0 atom stereocenters. The molecule has 0 aliphatic heterocycles. The maximum atomic E-state index is 11.9. The zero-order valence-corrected chi connectivity index (χ0v) is 13.6. The molecule has 0 aliphatic carbocycles. The molecule has 0 saturated heterocycles. The van der Waals surface area contributed by atoms with Crippen LogP contribution in [0.25, 0.3) is 17.4 Å². The third kappa shape index (κ3) is 3.33. The minimum absolute atomic E-state index is 0.0440. The fraction of sp³-hybridized carbons (Fsp3) is 0. The van der Waals surface area contributed by atoms with Crippen LogP contribution < -0.4 is 0 Å². The van der Waals surface area contributed by atoms with Crippen LogP contribution in [0.1, 0.15) is 15.4 Å². The first kappa shape index (κ1) is 15.1. The molecule has 110 valence electrons. The van der Waals surface area contributed by atoms with Crippen LogP contribution >= 0.6 is 34.5 Å². The highest BCUT2D eigenvalue weighted by Gasteiger charge is 2.09. The molecule has 0 fully saturated rings. The van der Waals surface area contributed by atoms with Gasteiger partial charge in [-0.1, -0.05) is 29.3 Å². The number of hydrogen-bond acceptors (Lipinski definition) is 3. The Bertz CT molecular complexity index is 832. The number of benzene rings is 1. The van der Waals surface area contributed by atoms with Crippen LogP contribution in [0.3, 0.4) is 0 Å². The van der Waals surface area contributed by atoms with Crippen LogP contribution in [0.15, 0.2) is 58.3 Å². The first-order chi connectivity index (χ1) is 10.6. The second-order valence-corrected chi connectivity index (χ2v) is 6.29. The molecule has 0 aliphatic rings. The molecule has 22 heavy (non-hydrogen) atoms. The monoisotopic (exact) mass is 348 g/mol. The number of ketones is 1. The van der Waals surface area contributed by atoms with E-state index in [9.17, 15) is 4.79 Å². The second-order valence-electron chi connectivity index (χ2n) is 4.50. The number of allylic oxidation sites excluding steroid dienone is 1. The fourth-order valence-electron chi connectivity index (χ4n) is 1.94. The summed E-state index contributed by atoms with van der Waals surface area (Å²) in [6, 6.07) is 12.5. The van der Waals surface area contributed by atoms with Gasteiger partial charge >= 0.3 is 0 Å². The van der Waals surface area contributed by atoms with Crippen molar-refractivity contribution < 1.29 is 9.21 Å². The van der Waals surface area contributed by atoms with Gasteiger partial charge in [-0.25, -0.2) is 0 Å². The molecule has 2 heterocycles. The number of furan rings is 1. The summed E-state index contributed by atoms with van der Waals surface area (Å²) in [6.07, 6.45) is 3.15. The van der Waals surface area contributed by atoms with Crippen LogP contribution in [0.5, 0.6) is 0 Å². The summed E-state index contributed by atoms with van der Waals surface area (Å²) in [5.41, 5.74) is 0.760. The van der Waals surface area contributed by atoms with Crippen molar-refractivity contribution in [2.24, 2.45) is 0 Å². The van der Waals surface area contributed by atoms with E-state index in [2.05, 4.69) is 0 Å². The average molecular weight is 349 g/mol. The Hall–Kier alpha value is -1.81. The van der Waals surface area contributed by atoms with E-state index in [1.165, 1.54) is 17.4 Å². The van der Waals surface area contributed by atoms with Gasteiger partial charge in [-0.05, 0) is 53.9 Å². The second kappa shape index (κ2) is 6.53. The normalized spacial score (nSPS) is 11.2. The standard InChI is InChI=1S/C17H10Cl2O2S/c18-11-3-6-13(14(19)10-11)16-8-5-12(21-16)4-7-15(20)17-2-1-9-22-17/h1-10H/b7-4+. The van der Waals surface area contributed by atoms with Crippen molar-refractivity contribution in [3.05, 3.63) is 74.6 Å². The molecule has 0 N–H and O–H groups in total. The van der Waals surface area contributed by atoms with E-state index in [-0.39, 0.29) is 5.78 Å². The molecular weight excluding hydrogens is 339 g/mol. The summed E-state index contributed by atoms with van der Waals surface area (Å²) in [5.74, 6) is 1.17. The highest BCUT2D eigenvalue weighted by Crippen LogP contribution is 2.31. The first-order valence-electron chi connectivity index (χ1n) is 6.44. The molecule has 3 aromatic rings. The number of hydrogen-bond donors (Lipinski definition) is 0. The van der Waals surface area contributed by atoms with Crippen molar-refractivity contribution in [1.29, 1.82) is 0 Å². The van der Waals surface area contributed by atoms with Crippen molar-refractivity contribution in [2.75, 3.05) is 0 Å². The molecule has 3 rings (SSSR count). The molecule has 2 aromatic heterocycles. The summed E-state index contributed by atoms with van der Waals surface area (Å²) in [6.45, 7) is 0. The van der Waals surface area contributed by atoms with E-state index >= 15 is 0 Å². The summed E-state index contributed by atoms with van der Waals surface area (Å²) in [5, 5.41) is 2.96. The summed E-state index contributed by atoms with van der Waals surface area (Å²) in [4.78, 5) is 12.6. The Morgan fingerprint density at radius 2 is 2.00 bits per heavy atom. The van der Waals surface area contributed by atoms with Crippen LogP contribution in [0, 0.1) is 0 Å². The average Bonchev–Trinajstić information content (AvgIpc) is 3.16. The lowest BCUT2D eigenvalue weighted by atomic mass is 10.2. The highest BCUT2D eigenvalue weighted by atomic mass is 35.5. The zero-order valence-electron chi connectivity index (χ0n) is 11.3. The lowest BCUT2D eigenvalue weighted by Gasteiger charge is -2.00.